The zero-order valence-electron chi connectivity index (χ0n) is 14.5. The lowest BCUT2D eigenvalue weighted by Gasteiger charge is -2.29. The van der Waals surface area contributed by atoms with Crippen LogP contribution in [0.25, 0.3) is 0 Å². The van der Waals surface area contributed by atoms with Crippen LogP contribution in [0.15, 0.2) is 12.4 Å². The van der Waals surface area contributed by atoms with Crippen LogP contribution in [-0.2, 0) is 23.2 Å². The van der Waals surface area contributed by atoms with Crippen molar-refractivity contribution in [1.29, 1.82) is 0 Å². The zero-order chi connectivity index (χ0) is 17.3. The first-order valence-corrected chi connectivity index (χ1v) is 8.73. The third kappa shape index (κ3) is 3.95. The van der Waals surface area contributed by atoms with E-state index in [1.807, 2.05) is 24.3 Å². The summed E-state index contributed by atoms with van der Waals surface area (Å²) in [5.41, 5.74) is 7.12. The average molecular weight is 333 g/mol. The number of hydrogen-bond acceptors (Lipinski definition) is 4. The molecule has 0 aromatic carbocycles. The Balaban J connectivity index is 1.72. The molecular weight excluding hydrogens is 306 g/mol. The lowest BCUT2D eigenvalue weighted by Crippen LogP contribution is -2.43. The predicted molar refractivity (Wildman–Crippen MR) is 89.7 cm³/mol. The van der Waals surface area contributed by atoms with Crippen molar-refractivity contribution in [2.45, 2.75) is 51.2 Å². The Kier molecular flexibility index (Phi) is 4.89. The fraction of sp³-hybridized carbons (Fsp3) is 0.706. The van der Waals surface area contributed by atoms with Crippen molar-refractivity contribution in [3.05, 3.63) is 18.0 Å². The Morgan fingerprint density at radius 3 is 2.62 bits per heavy atom. The molecule has 7 nitrogen and oxygen atoms in total. The van der Waals surface area contributed by atoms with Gasteiger partial charge in [-0.1, -0.05) is 0 Å². The van der Waals surface area contributed by atoms with Crippen molar-refractivity contribution in [3.8, 4) is 0 Å². The number of nitrogens with two attached hydrogens (primary N) is 1. The van der Waals surface area contributed by atoms with Crippen LogP contribution in [0.5, 0.6) is 0 Å². The molecule has 1 aromatic heterocycles. The second-order valence-corrected chi connectivity index (χ2v) is 7.18. The van der Waals surface area contributed by atoms with Gasteiger partial charge < -0.3 is 15.5 Å². The monoisotopic (exact) mass is 333 g/mol. The highest BCUT2D eigenvalue weighted by molar-refractivity contribution is 5.81. The topological polar surface area (TPSA) is 84.5 Å². The highest BCUT2D eigenvalue weighted by Crippen LogP contribution is 2.31. The van der Waals surface area contributed by atoms with Crippen LogP contribution in [0.2, 0.25) is 0 Å². The molecule has 132 valence electrons. The second kappa shape index (κ2) is 6.93. The van der Waals surface area contributed by atoms with E-state index in [-0.39, 0.29) is 23.8 Å². The quantitative estimate of drug-likeness (QED) is 0.869. The molecule has 0 radical (unpaired) electrons. The molecule has 2 N–H and O–H groups in total. The summed E-state index contributed by atoms with van der Waals surface area (Å²) in [6.07, 6.45) is 7.43. The van der Waals surface area contributed by atoms with Crippen LogP contribution in [0, 0.1) is 5.92 Å². The standard InChI is InChI=1S/C17H27N5O2/c1-12(23)21-10-14(3-4-15(18)11-21)17(24)22(16-5-6-16)9-13-7-19-20(2)8-13/h7-8,14-16H,3-6,9-11,18H2,1-2H3/t14-,15+/m1/s1. The van der Waals surface area contributed by atoms with E-state index in [9.17, 15) is 9.59 Å². The van der Waals surface area contributed by atoms with Crippen molar-refractivity contribution in [1.82, 2.24) is 19.6 Å². The van der Waals surface area contributed by atoms with Gasteiger partial charge in [-0.2, -0.15) is 5.10 Å². The van der Waals surface area contributed by atoms with Crippen LogP contribution >= 0.6 is 0 Å². The Morgan fingerprint density at radius 1 is 1.29 bits per heavy atom. The maximum absolute atomic E-state index is 13.1. The first-order valence-electron chi connectivity index (χ1n) is 8.73. The maximum Gasteiger partial charge on any atom is 0.228 e. The van der Waals surface area contributed by atoms with Crippen molar-refractivity contribution < 1.29 is 9.59 Å². The van der Waals surface area contributed by atoms with E-state index in [1.165, 1.54) is 0 Å². The summed E-state index contributed by atoms with van der Waals surface area (Å²) in [7, 11) is 1.88. The van der Waals surface area contributed by atoms with E-state index in [2.05, 4.69) is 5.10 Å². The third-order valence-electron chi connectivity index (χ3n) is 4.96. The molecule has 2 atom stereocenters. The highest BCUT2D eigenvalue weighted by Gasteiger charge is 2.37. The average Bonchev–Trinajstić information content (AvgIpc) is 3.31. The minimum absolute atomic E-state index is 0.00428. The number of rotatable bonds is 4. The Morgan fingerprint density at radius 2 is 2.04 bits per heavy atom. The summed E-state index contributed by atoms with van der Waals surface area (Å²) >= 11 is 0. The Labute approximate surface area is 142 Å². The zero-order valence-corrected chi connectivity index (χ0v) is 14.5. The molecule has 2 fully saturated rings. The SMILES string of the molecule is CC(=O)N1C[C@@H](N)CC[C@@H](C(=O)N(Cc2cnn(C)c2)C2CC2)C1. The molecule has 0 spiro atoms. The summed E-state index contributed by atoms with van der Waals surface area (Å²) in [5.74, 6) is -0.00296. The van der Waals surface area contributed by atoms with Crippen LogP contribution < -0.4 is 5.73 Å². The molecule has 1 aliphatic heterocycles. The second-order valence-electron chi connectivity index (χ2n) is 7.18. The molecule has 2 amide bonds. The van der Waals surface area contributed by atoms with Crippen LogP contribution in [0.1, 0.15) is 38.2 Å². The van der Waals surface area contributed by atoms with Gasteiger partial charge in [0.25, 0.3) is 0 Å². The van der Waals surface area contributed by atoms with Crippen molar-refractivity contribution in [3.63, 3.8) is 0 Å². The molecule has 7 heteroatoms. The molecule has 0 bridgehead atoms. The number of hydrogen-bond donors (Lipinski definition) is 1. The number of carbonyl (C=O) groups excluding carboxylic acids is 2. The summed E-state index contributed by atoms with van der Waals surface area (Å²) in [4.78, 5) is 28.7. The van der Waals surface area contributed by atoms with Gasteiger partial charge in [0, 0.05) is 57.4 Å². The molecule has 2 heterocycles. The first kappa shape index (κ1) is 17.0. The third-order valence-corrected chi connectivity index (χ3v) is 4.96. The molecule has 0 unspecified atom stereocenters. The molecule has 1 saturated heterocycles. The van der Waals surface area contributed by atoms with Gasteiger partial charge in [-0.3, -0.25) is 14.3 Å². The van der Waals surface area contributed by atoms with Crippen LogP contribution in [0.4, 0.5) is 0 Å². The Hall–Kier alpha value is -1.89. The van der Waals surface area contributed by atoms with E-state index in [0.717, 1.165) is 31.2 Å². The first-order chi connectivity index (χ1) is 11.4. The Bertz CT molecular complexity index is 610. The fourth-order valence-electron chi connectivity index (χ4n) is 3.44. The van der Waals surface area contributed by atoms with E-state index >= 15 is 0 Å². The molecule has 24 heavy (non-hydrogen) atoms. The number of aromatic nitrogens is 2. The molecular formula is C17H27N5O2. The molecule has 1 aromatic rings. The van der Waals surface area contributed by atoms with Crippen molar-refractivity contribution in [2.24, 2.45) is 18.7 Å². The summed E-state index contributed by atoms with van der Waals surface area (Å²) in [6, 6.07) is 0.291. The molecule has 2 aliphatic rings. The number of nitrogens with zero attached hydrogens (tertiary/aromatic N) is 4. The molecule has 1 saturated carbocycles. The van der Waals surface area contributed by atoms with Gasteiger partial charge in [-0.05, 0) is 25.7 Å². The largest absolute Gasteiger partial charge is 0.341 e. The summed E-state index contributed by atoms with van der Waals surface area (Å²) in [5, 5.41) is 4.19. The van der Waals surface area contributed by atoms with Crippen LogP contribution in [0.3, 0.4) is 0 Å². The van der Waals surface area contributed by atoms with E-state index < -0.39 is 0 Å². The van der Waals surface area contributed by atoms with Gasteiger partial charge in [0.15, 0.2) is 0 Å². The minimum atomic E-state index is -0.153. The summed E-state index contributed by atoms with van der Waals surface area (Å²) in [6.45, 7) is 3.18. The number of likely N-dealkylation sites (tertiary alicyclic amines) is 1. The smallest absolute Gasteiger partial charge is 0.228 e. The van der Waals surface area contributed by atoms with Gasteiger partial charge in [0.05, 0.1) is 12.1 Å². The van der Waals surface area contributed by atoms with Gasteiger partial charge in [0.2, 0.25) is 11.8 Å². The lowest BCUT2D eigenvalue weighted by molar-refractivity contribution is -0.138. The van der Waals surface area contributed by atoms with Gasteiger partial charge in [-0.15, -0.1) is 0 Å². The van der Waals surface area contributed by atoms with Crippen molar-refractivity contribution in [2.75, 3.05) is 13.1 Å². The molecule has 1 aliphatic carbocycles. The maximum atomic E-state index is 13.1. The normalized spacial score (nSPS) is 24.5. The van der Waals surface area contributed by atoms with E-state index in [4.69, 9.17) is 5.73 Å². The van der Waals surface area contributed by atoms with Crippen LogP contribution in [-0.4, -0.2) is 56.6 Å². The highest BCUT2D eigenvalue weighted by atomic mass is 16.2. The van der Waals surface area contributed by atoms with E-state index in [1.54, 1.807) is 16.5 Å². The van der Waals surface area contributed by atoms with Gasteiger partial charge >= 0.3 is 0 Å². The number of aryl methyl sites for hydroxylation is 1. The summed E-state index contributed by atoms with van der Waals surface area (Å²) < 4.78 is 1.76. The number of carbonyl (C=O) groups is 2. The van der Waals surface area contributed by atoms with Gasteiger partial charge in [-0.25, -0.2) is 0 Å². The molecule has 3 rings (SSSR count). The lowest BCUT2D eigenvalue weighted by atomic mass is 10.00. The minimum Gasteiger partial charge on any atom is -0.341 e. The van der Waals surface area contributed by atoms with Crippen molar-refractivity contribution >= 4 is 11.8 Å². The number of amides is 2. The fourth-order valence-corrected chi connectivity index (χ4v) is 3.44. The predicted octanol–water partition coefficient (Wildman–Crippen LogP) is 0.497. The van der Waals surface area contributed by atoms with Gasteiger partial charge in [0.1, 0.15) is 0 Å². The van der Waals surface area contributed by atoms with E-state index in [0.29, 0.717) is 25.7 Å².